The van der Waals surface area contributed by atoms with Gasteiger partial charge in [-0.3, -0.25) is 4.98 Å². The van der Waals surface area contributed by atoms with E-state index in [1.165, 1.54) is 6.20 Å². The summed E-state index contributed by atoms with van der Waals surface area (Å²) in [5.41, 5.74) is 0.604. The Morgan fingerprint density at radius 2 is 2.33 bits per heavy atom. The van der Waals surface area contributed by atoms with E-state index in [4.69, 9.17) is 5.26 Å². The highest BCUT2D eigenvalue weighted by molar-refractivity contribution is 5.85. The van der Waals surface area contributed by atoms with Gasteiger partial charge in [0.2, 0.25) is 0 Å². The van der Waals surface area contributed by atoms with Gasteiger partial charge in [-0.15, -0.1) is 12.4 Å². The molecule has 0 aromatic carbocycles. The second-order valence-corrected chi connectivity index (χ2v) is 1.35. The van der Waals surface area contributed by atoms with E-state index in [2.05, 4.69) is 4.98 Å². The van der Waals surface area contributed by atoms with E-state index in [1.807, 2.05) is 6.07 Å². The van der Waals surface area contributed by atoms with Crippen molar-refractivity contribution in [3.05, 3.63) is 30.1 Å². The first-order valence-corrected chi connectivity index (χ1v) is 2.23. The highest BCUT2D eigenvalue weighted by atomic mass is 35.5. The largest absolute Gasteiger partial charge is 0.263 e. The molecule has 1 aromatic heterocycles. The number of hydrogen-bond donors (Lipinski definition) is 0. The highest BCUT2D eigenvalue weighted by Gasteiger charge is 1.80. The quantitative estimate of drug-likeness (QED) is 0.546. The molecule has 0 bridgehead atoms. The maximum atomic E-state index is 8.25. The van der Waals surface area contributed by atoms with Crippen molar-refractivity contribution in [3.63, 3.8) is 0 Å². The molecule has 0 amide bonds. The minimum Gasteiger partial charge on any atom is -0.263 e. The Hall–Kier alpha value is -1.07. The maximum Gasteiger partial charge on any atom is 0.101 e. The molecular formula is C6H5ClN2. The van der Waals surface area contributed by atoms with Crippen molar-refractivity contribution in [2.45, 2.75) is 0 Å². The van der Waals surface area contributed by atoms with Gasteiger partial charge in [0, 0.05) is 12.4 Å². The molecule has 0 radical (unpaired) electrons. The lowest BCUT2D eigenvalue weighted by atomic mass is 10.3. The van der Waals surface area contributed by atoms with Crippen molar-refractivity contribution >= 4 is 12.4 Å². The molecular weight excluding hydrogens is 136 g/mol. The lowest BCUT2D eigenvalue weighted by Gasteiger charge is -1.79. The summed E-state index contributed by atoms with van der Waals surface area (Å²) in [6, 6.07) is 5.41. The smallest absolute Gasteiger partial charge is 0.101 e. The number of halogens is 1. The first kappa shape index (κ1) is 7.93. The molecule has 0 atom stereocenters. The minimum atomic E-state index is 0. The third kappa shape index (κ3) is 2.11. The molecule has 1 rings (SSSR count). The maximum absolute atomic E-state index is 8.25. The van der Waals surface area contributed by atoms with E-state index >= 15 is 0 Å². The van der Waals surface area contributed by atoms with Crippen molar-refractivity contribution < 1.29 is 0 Å². The summed E-state index contributed by atoms with van der Waals surface area (Å²) in [5.74, 6) is 0. The normalized spacial score (nSPS) is 7.00. The summed E-state index contributed by atoms with van der Waals surface area (Å²) < 4.78 is 0. The van der Waals surface area contributed by atoms with Crippen molar-refractivity contribution in [3.8, 4) is 6.07 Å². The zero-order valence-electron chi connectivity index (χ0n) is 4.61. The second-order valence-electron chi connectivity index (χ2n) is 1.35. The van der Waals surface area contributed by atoms with Crippen LogP contribution in [0.25, 0.3) is 0 Å². The third-order valence-corrected chi connectivity index (χ3v) is 0.791. The van der Waals surface area contributed by atoms with Crippen LogP contribution in [0.2, 0.25) is 0 Å². The molecule has 0 aliphatic heterocycles. The van der Waals surface area contributed by atoms with Gasteiger partial charge in [0.1, 0.15) is 6.07 Å². The van der Waals surface area contributed by atoms with Gasteiger partial charge in [-0.05, 0) is 12.1 Å². The van der Waals surface area contributed by atoms with Crippen LogP contribution in [0.3, 0.4) is 0 Å². The van der Waals surface area contributed by atoms with Gasteiger partial charge >= 0.3 is 0 Å². The fourth-order valence-corrected chi connectivity index (χ4v) is 0.429. The molecule has 1 heterocycles. The Morgan fingerprint density at radius 3 is 2.67 bits per heavy atom. The third-order valence-electron chi connectivity index (χ3n) is 0.791. The topological polar surface area (TPSA) is 36.7 Å². The van der Waals surface area contributed by atoms with Crippen molar-refractivity contribution in [1.29, 1.82) is 5.26 Å². The zero-order valence-corrected chi connectivity index (χ0v) is 5.43. The molecule has 0 spiro atoms. The molecule has 0 aliphatic carbocycles. The van der Waals surface area contributed by atoms with E-state index in [0.29, 0.717) is 5.56 Å². The van der Waals surface area contributed by atoms with Crippen molar-refractivity contribution in [1.82, 2.24) is 4.98 Å². The van der Waals surface area contributed by atoms with Gasteiger partial charge in [0.05, 0.1) is 5.56 Å². The average Bonchev–Trinajstić information content (AvgIpc) is 1.90. The number of nitrogens with zero attached hydrogens (tertiary/aromatic N) is 2. The van der Waals surface area contributed by atoms with Gasteiger partial charge < -0.3 is 0 Å². The average molecular weight is 141 g/mol. The number of rotatable bonds is 0. The SMILES string of the molecule is Cl.N#Cc1cccnc1. The van der Waals surface area contributed by atoms with Crippen LogP contribution in [0.15, 0.2) is 24.5 Å². The number of pyridine rings is 1. The predicted octanol–water partition coefficient (Wildman–Crippen LogP) is 1.38. The van der Waals surface area contributed by atoms with E-state index in [0.717, 1.165) is 0 Å². The first-order chi connectivity index (χ1) is 3.93. The predicted molar refractivity (Wildman–Crippen MR) is 36.2 cm³/mol. The number of aromatic nitrogens is 1. The minimum absolute atomic E-state index is 0. The van der Waals surface area contributed by atoms with Crippen LogP contribution >= 0.6 is 12.4 Å². The molecule has 0 saturated heterocycles. The summed E-state index contributed by atoms with van der Waals surface area (Å²) in [6.45, 7) is 0. The van der Waals surface area contributed by atoms with Crippen LogP contribution in [0.1, 0.15) is 5.56 Å². The monoisotopic (exact) mass is 140 g/mol. The summed E-state index contributed by atoms with van der Waals surface area (Å²) in [7, 11) is 0. The lowest BCUT2D eigenvalue weighted by molar-refractivity contribution is 1.30. The van der Waals surface area contributed by atoms with Gasteiger partial charge in [0.25, 0.3) is 0 Å². The standard InChI is InChI=1S/C6H4N2.ClH/c7-4-6-2-1-3-8-5-6;/h1-3,5H;1H. The Balaban J connectivity index is 0.000000640. The van der Waals surface area contributed by atoms with Gasteiger partial charge in [-0.25, -0.2) is 0 Å². The van der Waals surface area contributed by atoms with Crippen LogP contribution in [-0.2, 0) is 0 Å². The van der Waals surface area contributed by atoms with E-state index < -0.39 is 0 Å². The zero-order chi connectivity index (χ0) is 5.82. The number of hydrogen-bond acceptors (Lipinski definition) is 2. The Bertz CT molecular complexity index is 202. The first-order valence-electron chi connectivity index (χ1n) is 2.23. The van der Waals surface area contributed by atoms with Crippen LogP contribution < -0.4 is 0 Å². The molecule has 0 unspecified atom stereocenters. The molecule has 0 N–H and O–H groups in total. The molecule has 1 aromatic rings. The Kier molecular flexibility index (Phi) is 3.41. The number of nitriles is 1. The molecule has 0 fully saturated rings. The fraction of sp³-hybridized carbons (Fsp3) is 0. The molecule has 0 saturated carbocycles. The van der Waals surface area contributed by atoms with E-state index in [9.17, 15) is 0 Å². The molecule has 3 heteroatoms. The molecule has 0 aliphatic rings. The van der Waals surface area contributed by atoms with Gasteiger partial charge in [-0.1, -0.05) is 0 Å². The van der Waals surface area contributed by atoms with Crippen molar-refractivity contribution in [2.75, 3.05) is 0 Å². The van der Waals surface area contributed by atoms with Gasteiger partial charge in [-0.2, -0.15) is 5.26 Å². The summed E-state index contributed by atoms with van der Waals surface area (Å²) in [4.78, 5) is 3.73. The van der Waals surface area contributed by atoms with Crippen LogP contribution in [0.4, 0.5) is 0 Å². The van der Waals surface area contributed by atoms with Crippen LogP contribution in [0.5, 0.6) is 0 Å². The summed E-state index contributed by atoms with van der Waals surface area (Å²) in [5, 5.41) is 8.25. The Morgan fingerprint density at radius 1 is 1.56 bits per heavy atom. The molecule has 46 valence electrons. The molecule has 2 nitrogen and oxygen atoms in total. The Labute approximate surface area is 59.6 Å². The lowest BCUT2D eigenvalue weighted by Crippen LogP contribution is -1.72. The van der Waals surface area contributed by atoms with E-state index in [-0.39, 0.29) is 12.4 Å². The highest BCUT2D eigenvalue weighted by Crippen LogP contribution is 1.89. The second kappa shape index (κ2) is 3.88. The van der Waals surface area contributed by atoms with E-state index in [1.54, 1.807) is 18.3 Å². The van der Waals surface area contributed by atoms with Crippen molar-refractivity contribution in [2.24, 2.45) is 0 Å². The molecule has 9 heavy (non-hydrogen) atoms. The summed E-state index contributed by atoms with van der Waals surface area (Å²) >= 11 is 0. The van der Waals surface area contributed by atoms with Gasteiger partial charge in [0.15, 0.2) is 0 Å². The summed E-state index contributed by atoms with van der Waals surface area (Å²) in [6.07, 6.45) is 3.17. The van der Waals surface area contributed by atoms with Crippen LogP contribution in [0, 0.1) is 11.3 Å². The van der Waals surface area contributed by atoms with Crippen LogP contribution in [-0.4, -0.2) is 4.98 Å². The fourth-order valence-electron chi connectivity index (χ4n) is 0.429.